The first-order chi connectivity index (χ1) is 12.2. The minimum atomic E-state index is 0.0642. The first-order valence-electron chi connectivity index (χ1n) is 9.21. The van der Waals surface area contributed by atoms with Crippen LogP contribution in [0.3, 0.4) is 0 Å². The standard InChI is InChI=1S/C20H25N3O2/c1-15-12-21-20(16-6-5-7-16)23(15)17-10-11-22(13-17)19(24)14-25-18-8-3-2-4-9-18/h2-4,8-9,12,16-17H,5-7,10-11,13-14H2,1H3. The second-order valence-corrected chi connectivity index (χ2v) is 7.14. The number of aromatic nitrogens is 2. The summed E-state index contributed by atoms with van der Waals surface area (Å²) in [6.45, 7) is 3.78. The molecule has 0 radical (unpaired) electrons. The van der Waals surface area contributed by atoms with Crippen LogP contribution in [0.5, 0.6) is 5.75 Å². The van der Waals surface area contributed by atoms with Gasteiger partial charge in [-0.1, -0.05) is 24.6 Å². The quantitative estimate of drug-likeness (QED) is 0.840. The van der Waals surface area contributed by atoms with Crippen LogP contribution in [0.2, 0.25) is 0 Å². The number of hydrogen-bond acceptors (Lipinski definition) is 3. The van der Waals surface area contributed by atoms with Crippen molar-refractivity contribution >= 4 is 5.91 Å². The molecule has 1 saturated carbocycles. The Morgan fingerprint density at radius 2 is 2.04 bits per heavy atom. The molecule has 1 unspecified atom stereocenters. The van der Waals surface area contributed by atoms with E-state index in [4.69, 9.17) is 4.74 Å². The number of rotatable bonds is 5. The largest absolute Gasteiger partial charge is 0.484 e. The molecule has 2 aromatic rings. The Kier molecular flexibility index (Phi) is 4.47. The van der Waals surface area contributed by atoms with Crippen molar-refractivity contribution in [1.29, 1.82) is 0 Å². The maximum absolute atomic E-state index is 12.5. The third kappa shape index (κ3) is 3.28. The van der Waals surface area contributed by atoms with Crippen molar-refractivity contribution in [2.75, 3.05) is 19.7 Å². The molecule has 1 amide bonds. The van der Waals surface area contributed by atoms with E-state index in [1.165, 1.54) is 30.8 Å². The summed E-state index contributed by atoms with van der Waals surface area (Å²) in [6.07, 6.45) is 6.78. The predicted octanol–water partition coefficient (Wildman–Crippen LogP) is 3.31. The molecular formula is C20H25N3O2. The average Bonchev–Trinajstić information content (AvgIpc) is 3.19. The van der Waals surface area contributed by atoms with E-state index in [9.17, 15) is 4.79 Å². The lowest BCUT2D eigenvalue weighted by molar-refractivity contribution is -0.132. The number of nitrogens with zero attached hydrogens (tertiary/aromatic N) is 3. The van der Waals surface area contributed by atoms with E-state index < -0.39 is 0 Å². The number of hydrogen-bond donors (Lipinski definition) is 0. The fourth-order valence-electron chi connectivity index (χ4n) is 3.84. The van der Waals surface area contributed by atoms with E-state index >= 15 is 0 Å². The molecule has 2 aliphatic rings. The van der Waals surface area contributed by atoms with Crippen molar-refractivity contribution in [1.82, 2.24) is 14.5 Å². The Labute approximate surface area is 148 Å². The summed E-state index contributed by atoms with van der Waals surface area (Å²) in [5.41, 5.74) is 1.21. The Hall–Kier alpha value is -2.30. The molecule has 2 heterocycles. The Bertz CT molecular complexity index is 737. The number of benzene rings is 1. The third-order valence-corrected chi connectivity index (χ3v) is 5.47. The van der Waals surface area contributed by atoms with Crippen LogP contribution in [0.1, 0.15) is 49.2 Å². The van der Waals surface area contributed by atoms with Crippen molar-refractivity contribution in [2.45, 2.75) is 44.6 Å². The molecule has 0 spiro atoms. The number of aryl methyl sites for hydroxylation is 1. The normalized spacial score (nSPS) is 20.5. The van der Waals surface area contributed by atoms with Gasteiger partial charge in [0.25, 0.3) is 5.91 Å². The molecule has 1 aromatic heterocycles. The fourth-order valence-corrected chi connectivity index (χ4v) is 3.84. The van der Waals surface area contributed by atoms with Gasteiger partial charge in [0.15, 0.2) is 6.61 Å². The number of ether oxygens (including phenoxy) is 1. The van der Waals surface area contributed by atoms with E-state index in [1.54, 1.807) is 0 Å². The molecule has 132 valence electrons. The summed E-state index contributed by atoms with van der Waals surface area (Å²) in [5.74, 6) is 2.64. The summed E-state index contributed by atoms with van der Waals surface area (Å²) in [5, 5.41) is 0. The van der Waals surface area contributed by atoms with Gasteiger partial charge in [-0.2, -0.15) is 0 Å². The molecule has 1 atom stereocenters. The molecule has 5 heteroatoms. The van der Waals surface area contributed by atoms with Gasteiger partial charge in [-0.3, -0.25) is 4.79 Å². The highest BCUT2D eigenvalue weighted by Crippen LogP contribution is 2.38. The summed E-state index contributed by atoms with van der Waals surface area (Å²) >= 11 is 0. The van der Waals surface area contributed by atoms with Crippen LogP contribution in [0.4, 0.5) is 0 Å². The number of carbonyl (C=O) groups is 1. The average molecular weight is 339 g/mol. The van der Waals surface area contributed by atoms with Crippen LogP contribution in [-0.2, 0) is 4.79 Å². The van der Waals surface area contributed by atoms with E-state index in [1.807, 2.05) is 41.4 Å². The minimum Gasteiger partial charge on any atom is -0.484 e. The maximum Gasteiger partial charge on any atom is 0.260 e. The van der Waals surface area contributed by atoms with Crippen LogP contribution in [0, 0.1) is 6.92 Å². The molecule has 0 bridgehead atoms. The molecule has 1 saturated heterocycles. The van der Waals surface area contributed by atoms with Gasteiger partial charge < -0.3 is 14.2 Å². The highest BCUT2D eigenvalue weighted by atomic mass is 16.5. The molecule has 0 N–H and O–H groups in total. The molecule has 4 rings (SSSR count). The van der Waals surface area contributed by atoms with Crippen molar-refractivity contribution in [2.24, 2.45) is 0 Å². The Balaban J connectivity index is 1.38. The smallest absolute Gasteiger partial charge is 0.260 e. The molecular weight excluding hydrogens is 314 g/mol. The first-order valence-corrected chi connectivity index (χ1v) is 9.21. The van der Waals surface area contributed by atoms with Gasteiger partial charge in [-0.05, 0) is 38.3 Å². The highest BCUT2D eigenvalue weighted by molar-refractivity contribution is 5.78. The van der Waals surface area contributed by atoms with E-state index in [2.05, 4.69) is 16.5 Å². The predicted molar refractivity (Wildman–Crippen MR) is 95.7 cm³/mol. The number of imidazole rings is 1. The lowest BCUT2D eigenvalue weighted by atomic mass is 9.84. The zero-order valence-electron chi connectivity index (χ0n) is 14.7. The number of para-hydroxylation sites is 1. The summed E-state index contributed by atoms with van der Waals surface area (Å²) in [4.78, 5) is 19.1. The van der Waals surface area contributed by atoms with Gasteiger partial charge in [0.2, 0.25) is 0 Å². The van der Waals surface area contributed by atoms with Crippen LogP contribution >= 0.6 is 0 Å². The van der Waals surface area contributed by atoms with Crippen molar-refractivity contribution in [3.05, 3.63) is 48.0 Å². The van der Waals surface area contributed by atoms with Gasteiger partial charge in [-0.25, -0.2) is 4.98 Å². The zero-order valence-corrected chi connectivity index (χ0v) is 14.7. The monoisotopic (exact) mass is 339 g/mol. The third-order valence-electron chi connectivity index (χ3n) is 5.47. The summed E-state index contributed by atoms with van der Waals surface area (Å²) in [7, 11) is 0. The Morgan fingerprint density at radius 1 is 1.24 bits per heavy atom. The fraction of sp³-hybridized carbons (Fsp3) is 0.500. The molecule has 1 aromatic carbocycles. The van der Waals surface area contributed by atoms with Crippen LogP contribution in [0.25, 0.3) is 0 Å². The van der Waals surface area contributed by atoms with Gasteiger partial charge >= 0.3 is 0 Å². The first kappa shape index (κ1) is 16.2. The second kappa shape index (κ2) is 6.90. The zero-order chi connectivity index (χ0) is 17.2. The van der Waals surface area contributed by atoms with E-state index in [-0.39, 0.29) is 12.5 Å². The maximum atomic E-state index is 12.5. The van der Waals surface area contributed by atoms with Crippen LogP contribution in [0.15, 0.2) is 36.5 Å². The second-order valence-electron chi connectivity index (χ2n) is 7.14. The minimum absolute atomic E-state index is 0.0642. The van der Waals surface area contributed by atoms with Crippen molar-refractivity contribution in [3.63, 3.8) is 0 Å². The summed E-state index contributed by atoms with van der Waals surface area (Å²) in [6, 6.07) is 9.86. The lowest BCUT2D eigenvalue weighted by Gasteiger charge is -2.28. The Morgan fingerprint density at radius 3 is 2.76 bits per heavy atom. The van der Waals surface area contributed by atoms with E-state index in [0.29, 0.717) is 12.0 Å². The molecule has 1 aliphatic heterocycles. The molecule has 25 heavy (non-hydrogen) atoms. The molecule has 5 nitrogen and oxygen atoms in total. The summed E-state index contributed by atoms with van der Waals surface area (Å²) < 4.78 is 7.99. The van der Waals surface area contributed by atoms with E-state index in [0.717, 1.165) is 25.3 Å². The molecule has 1 aliphatic carbocycles. The van der Waals surface area contributed by atoms with Crippen LogP contribution in [-0.4, -0.2) is 40.1 Å². The van der Waals surface area contributed by atoms with Crippen molar-refractivity contribution < 1.29 is 9.53 Å². The lowest BCUT2D eigenvalue weighted by Crippen LogP contribution is -2.33. The van der Waals surface area contributed by atoms with Gasteiger partial charge in [0.1, 0.15) is 11.6 Å². The van der Waals surface area contributed by atoms with Crippen molar-refractivity contribution in [3.8, 4) is 5.75 Å². The van der Waals surface area contributed by atoms with Crippen LogP contribution < -0.4 is 4.74 Å². The SMILES string of the molecule is Cc1cnc(C2CCC2)n1C1CCN(C(=O)COc2ccccc2)C1. The number of likely N-dealkylation sites (tertiary alicyclic amines) is 1. The van der Waals surface area contributed by atoms with Gasteiger partial charge in [-0.15, -0.1) is 0 Å². The topological polar surface area (TPSA) is 47.4 Å². The highest BCUT2D eigenvalue weighted by Gasteiger charge is 2.32. The van der Waals surface area contributed by atoms with Gasteiger partial charge in [0, 0.05) is 30.9 Å². The molecule has 2 fully saturated rings. The van der Waals surface area contributed by atoms with Gasteiger partial charge in [0.05, 0.1) is 6.04 Å². The number of amides is 1. The number of carbonyl (C=O) groups excluding carboxylic acids is 1.